The first-order valence-electron chi connectivity index (χ1n) is 8.53. The van der Waals surface area contributed by atoms with E-state index in [1.54, 1.807) is 23.1 Å². The average molecular weight is 396 g/mol. The molecule has 4 aromatic rings. The molecule has 0 saturated carbocycles. The third kappa shape index (κ3) is 4.93. The lowest BCUT2D eigenvalue weighted by atomic mass is 10.2. The van der Waals surface area contributed by atoms with Crippen LogP contribution >= 0.6 is 23.1 Å². The molecule has 0 atom stereocenters. The van der Waals surface area contributed by atoms with E-state index in [9.17, 15) is 0 Å². The summed E-state index contributed by atoms with van der Waals surface area (Å²) in [5.41, 5.74) is 1.98. The number of rotatable bonds is 8. The maximum atomic E-state index is 5.34. The predicted octanol–water partition coefficient (Wildman–Crippen LogP) is 5.06. The quantitative estimate of drug-likeness (QED) is 0.330. The number of hydrogen-bond donors (Lipinski definition) is 1. The highest BCUT2D eigenvalue weighted by molar-refractivity contribution is 8.01. The van der Waals surface area contributed by atoms with Crippen molar-refractivity contribution in [1.82, 2.24) is 20.3 Å². The van der Waals surface area contributed by atoms with Crippen molar-refractivity contribution in [2.45, 2.75) is 17.2 Å². The van der Waals surface area contributed by atoms with Crippen LogP contribution in [0.5, 0.6) is 0 Å². The molecule has 8 heteroatoms. The van der Waals surface area contributed by atoms with Gasteiger partial charge < -0.3 is 9.84 Å². The molecular weight excluding hydrogens is 378 g/mol. The highest BCUT2D eigenvalue weighted by Gasteiger charge is 2.09. The molecule has 0 fully saturated rings. The molecule has 27 heavy (non-hydrogen) atoms. The highest BCUT2D eigenvalue weighted by Crippen LogP contribution is 2.28. The number of anilines is 2. The monoisotopic (exact) mass is 395 g/mol. The number of thioether (sulfide) groups is 1. The van der Waals surface area contributed by atoms with Gasteiger partial charge in [-0.05, 0) is 18.6 Å². The van der Waals surface area contributed by atoms with Crippen molar-refractivity contribution in [2.75, 3.05) is 11.1 Å². The number of nitrogens with one attached hydrogen (secondary N) is 1. The molecule has 0 saturated heterocycles. The van der Waals surface area contributed by atoms with Gasteiger partial charge in [0.05, 0.1) is 0 Å². The first-order valence-corrected chi connectivity index (χ1v) is 10.3. The lowest BCUT2D eigenvalue weighted by Gasteiger charge is -1.99. The number of para-hydroxylation sites is 1. The number of aryl methyl sites for hydroxylation is 1. The topological polar surface area (TPSA) is 76.7 Å². The largest absolute Gasteiger partial charge is 0.339 e. The van der Waals surface area contributed by atoms with Crippen LogP contribution in [0.15, 0.2) is 69.5 Å². The average Bonchev–Trinajstić information content (AvgIpc) is 3.36. The van der Waals surface area contributed by atoms with Gasteiger partial charge in [-0.3, -0.25) is 0 Å². The van der Waals surface area contributed by atoms with E-state index < -0.39 is 0 Å². The zero-order chi connectivity index (χ0) is 18.3. The maximum Gasteiger partial charge on any atom is 0.226 e. The second kappa shape index (κ2) is 8.79. The van der Waals surface area contributed by atoms with Crippen LogP contribution in [0.1, 0.15) is 12.3 Å². The van der Waals surface area contributed by atoms with E-state index in [0.29, 0.717) is 11.7 Å². The van der Waals surface area contributed by atoms with Gasteiger partial charge in [-0.1, -0.05) is 76.8 Å². The Bertz CT molecular complexity index is 972. The van der Waals surface area contributed by atoms with E-state index >= 15 is 0 Å². The van der Waals surface area contributed by atoms with Crippen LogP contribution in [0.4, 0.5) is 10.8 Å². The van der Waals surface area contributed by atoms with E-state index in [2.05, 4.69) is 25.7 Å². The minimum absolute atomic E-state index is 0.638. The Labute approximate surface area is 165 Å². The molecule has 0 aliphatic heterocycles. The van der Waals surface area contributed by atoms with Crippen molar-refractivity contribution in [3.05, 3.63) is 66.6 Å². The number of benzene rings is 2. The Hall–Kier alpha value is -2.71. The molecule has 0 unspecified atom stereocenters. The minimum Gasteiger partial charge on any atom is -0.339 e. The normalized spacial score (nSPS) is 10.8. The van der Waals surface area contributed by atoms with Crippen molar-refractivity contribution in [2.24, 2.45) is 0 Å². The summed E-state index contributed by atoms with van der Waals surface area (Å²) >= 11 is 3.24. The first kappa shape index (κ1) is 17.7. The van der Waals surface area contributed by atoms with Crippen LogP contribution in [0.2, 0.25) is 0 Å². The van der Waals surface area contributed by atoms with E-state index in [4.69, 9.17) is 4.52 Å². The van der Waals surface area contributed by atoms with Crippen LogP contribution in [-0.4, -0.2) is 26.1 Å². The van der Waals surface area contributed by atoms with Crippen molar-refractivity contribution < 1.29 is 4.52 Å². The number of nitrogens with zero attached hydrogens (tertiary/aromatic N) is 4. The zero-order valence-electron chi connectivity index (χ0n) is 14.4. The van der Waals surface area contributed by atoms with Gasteiger partial charge in [0, 0.05) is 23.4 Å². The summed E-state index contributed by atoms with van der Waals surface area (Å²) in [5, 5.41) is 16.5. The van der Waals surface area contributed by atoms with Crippen LogP contribution in [0, 0.1) is 0 Å². The van der Waals surface area contributed by atoms with Crippen LogP contribution in [0.25, 0.3) is 11.4 Å². The van der Waals surface area contributed by atoms with E-state index in [-0.39, 0.29) is 0 Å². The standard InChI is InChI=1S/C19H17N5OS2/c1-3-8-14(9-4-1)17-21-16(25-24-17)12-7-13-26-19-23-22-18(27-19)20-15-10-5-2-6-11-15/h1-6,8-11H,7,12-13H2,(H,20,22). The van der Waals surface area contributed by atoms with E-state index in [0.717, 1.165) is 39.3 Å². The third-order valence-corrected chi connectivity index (χ3v) is 5.75. The molecule has 0 aliphatic rings. The summed E-state index contributed by atoms with van der Waals surface area (Å²) in [7, 11) is 0. The summed E-state index contributed by atoms with van der Waals surface area (Å²) in [6.45, 7) is 0. The van der Waals surface area contributed by atoms with Gasteiger partial charge in [-0.25, -0.2) is 0 Å². The molecule has 1 N–H and O–H groups in total. The third-order valence-electron chi connectivity index (χ3n) is 3.69. The van der Waals surface area contributed by atoms with E-state index in [1.807, 2.05) is 60.7 Å². The lowest BCUT2D eigenvalue weighted by Crippen LogP contribution is -1.88. The van der Waals surface area contributed by atoms with Crippen LogP contribution in [-0.2, 0) is 6.42 Å². The number of aromatic nitrogens is 4. The maximum absolute atomic E-state index is 5.34. The predicted molar refractivity (Wildman–Crippen MR) is 108 cm³/mol. The van der Waals surface area contributed by atoms with Gasteiger partial charge in [-0.15, -0.1) is 10.2 Å². The summed E-state index contributed by atoms with van der Waals surface area (Å²) < 4.78 is 6.28. The van der Waals surface area contributed by atoms with Gasteiger partial charge in [0.2, 0.25) is 16.8 Å². The highest BCUT2D eigenvalue weighted by atomic mass is 32.2. The van der Waals surface area contributed by atoms with Gasteiger partial charge in [0.25, 0.3) is 0 Å². The fourth-order valence-electron chi connectivity index (χ4n) is 2.41. The van der Waals surface area contributed by atoms with Crippen LogP contribution < -0.4 is 5.32 Å². The van der Waals surface area contributed by atoms with Gasteiger partial charge in [0.15, 0.2) is 4.34 Å². The number of hydrogen-bond acceptors (Lipinski definition) is 8. The Kier molecular flexibility index (Phi) is 5.76. The lowest BCUT2D eigenvalue weighted by molar-refractivity contribution is 0.378. The van der Waals surface area contributed by atoms with Crippen molar-refractivity contribution in [3.63, 3.8) is 0 Å². The smallest absolute Gasteiger partial charge is 0.226 e. The summed E-state index contributed by atoms with van der Waals surface area (Å²) in [4.78, 5) is 4.45. The molecule has 4 rings (SSSR count). The molecule has 2 heterocycles. The van der Waals surface area contributed by atoms with Gasteiger partial charge in [0.1, 0.15) is 0 Å². The minimum atomic E-state index is 0.638. The van der Waals surface area contributed by atoms with Crippen molar-refractivity contribution >= 4 is 33.9 Å². The molecule has 0 aliphatic carbocycles. The fourth-order valence-corrected chi connectivity index (χ4v) is 4.19. The van der Waals surface area contributed by atoms with Crippen LogP contribution in [0.3, 0.4) is 0 Å². The first-order chi connectivity index (χ1) is 13.4. The fraction of sp³-hybridized carbons (Fsp3) is 0.158. The molecule has 0 bridgehead atoms. The molecule has 0 radical (unpaired) electrons. The Morgan fingerprint density at radius 1 is 0.963 bits per heavy atom. The Balaban J connectivity index is 1.23. The van der Waals surface area contributed by atoms with Crippen molar-refractivity contribution in [1.29, 1.82) is 0 Å². The van der Waals surface area contributed by atoms with Gasteiger partial charge >= 0.3 is 0 Å². The van der Waals surface area contributed by atoms with E-state index in [1.165, 1.54) is 0 Å². The molecule has 0 spiro atoms. The second-order valence-corrected chi connectivity index (χ2v) is 8.01. The summed E-state index contributed by atoms with van der Waals surface area (Å²) in [6.07, 6.45) is 1.68. The molecule has 0 amide bonds. The van der Waals surface area contributed by atoms with Gasteiger partial charge in [-0.2, -0.15) is 4.98 Å². The molecular formula is C19H17N5OS2. The van der Waals surface area contributed by atoms with Crippen molar-refractivity contribution in [3.8, 4) is 11.4 Å². The SMILES string of the molecule is c1ccc(Nc2nnc(SCCCc3nc(-c4ccccc4)no3)s2)cc1. The zero-order valence-corrected chi connectivity index (χ0v) is 16.0. The summed E-state index contributed by atoms with van der Waals surface area (Å²) in [6, 6.07) is 19.8. The Morgan fingerprint density at radius 2 is 1.74 bits per heavy atom. The molecule has 6 nitrogen and oxygen atoms in total. The summed E-state index contributed by atoms with van der Waals surface area (Å²) in [5.74, 6) is 2.22. The Morgan fingerprint density at radius 3 is 2.56 bits per heavy atom. The molecule has 2 aromatic carbocycles. The second-order valence-electron chi connectivity index (χ2n) is 5.69. The molecule has 136 valence electrons. The molecule has 2 aromatic heterocycles.